The van der Waals surface area contributed by atoms with Crippen LogP contribution in [0.5, 0.6) is 0 Å². The lowest BCUT2D eigenvalue weighted by Crippen LogP contribution is -2.31. The molecule has 0 saturated heterocycles. The van der Waals surface area contributed by atoms with Crippen molar-refractivity contribution in [2.24, 2.45) is 0 Å². The van der Waals surface area contributed by atoms with Gasteiger partial charge in [0.2, 0.25) is 0 Å². The molecule has 0 aliphatic heterocycles. The van der Waals surface area contributed by atoms with Gasteiger partial charge in [0.05, 0.1) is 28.0 Å². The highest BCUT2D eigenvalue weighted by atomic mass is 15.5. The van der Waals surface area contributed by atoms with E-state index in [1.807, 2.05) is 77.4 Å². The fourth-order valence-electron chi connectivity index (χ4n) is 3.62. The fraction of sp³-hybridized carbons (Fsp3) is 0.0435. The van der Waals surface area contributed by atoms with Gasteiger partial charge >= 0.3 is 0 Å². The maximum Gasteiger partial charge on any atom is 0.177 e. The number of nitrogens with zero attached hydrogens (tertiary/aromatic N) is 6. The largest absolute Gasteiger partial charge is 0.257 e. The third-order valence-corrected chi connectivity index (χ3v) is 5.00. The van der Waals surface area contributed by atoms with Gasteiger partial charge in [0.15, 0.2) is 5.82 Å². The Morgan fingerprint density at radius 2 is 1.87 bits per heavy atom. The van der Waals surface area contributed by atoms with Crippen LogP contribution in [0.2, 0.25) is 0 Å². The average Bonchev–Trinajstić information content (AvgIpc) is 3.19. The molecule has 0 aliphatic carbocycles. The van der Waals surface area contributed by atoms with E-state index in [9.17, 15) is 5.26 Å². The maximum atomic E-state index is 9.56. The zero-order chi connectivity index (χ0) is 20.5. The number of nitrogens with one attached hydrogen (secondary N) is 1. The second-order valence-corrected chi connectivity index (χ2v) is 6.71. The van der Waals surface area contributed by atoms with E-state index in [1.54, 1.807) is 18.6 Å². The first-order valence-electron chi connectivity index (χ1n) is 9.44. The quantitative estimate of drug-likeness (QED) is 0.464. The summed E-state index contributed by atoms with van der Waals surface area (Å²) in [6.45, 7) is 0. The van der Waals surface area contributed by atoms with E-state index < -0.39 is 0 Å². The lowest BCUT2D eigenvalue weighted by molar-refractivity contribution is 0.796. The van der Waals surface area contributed by atoms with E-state index in [0.717, 1.165) is 33.2 Å². The average molecular weight is 391 g/mol. The van der Waals surface area contributed by atoms with Gasteiger partial charge in [-0.1, -0.05) is 24.3 Å². The van der Waals surface area contributed by atoms with Crippen molar-refractivity contribution >= 4 is 33.3 Å². The Balaban J connectivity index is 1.73. The SMILES string of the molecule is CNN(c1ccccc1C#N)c1nn(-c2ccc3ncncc3c2)c2ccccc12. The number of anilines is 2. The molecule has 0 radical (unpaired) electrons. The number of aromatic nitrogens is 4. The minimum absolute atomic E-state index is 0.563. The Morgan fingerprint density at radius 1 is 1.03 bits per heavy atom. The van der Waals surface area contributed by atoms with Crippen molar-refractivity contribution < 1.29 is 0 Å². The van der Waals surface area contributed by atoms with Crippen LogP contribution in [0.15, 0.2) is 79.3 Å². The van der Waals surface area contributed by atoms with Gasteiger partial charge in [0, 0.05) is 24.0 Å². The van der Waals surface area contributed by atoms with Crippen LogP contribution in [0, 0.1) is 11.3 Å². The first kappa shape index (κ1) is 17.8. The maximum absolute atomic E-state index is 9.56. The van der Waals surface area contributed by atoms with Gasteiger partial charge in [-0.25, -0.2) is 20.1 Å². The van der Waals surface area contributed by atoms with Crippen LogP contribution in [-0.4, -0.2) is 26.8 Å². The summed E-state index contributed by atoms with van der Waals surface area (Å²) >= 11 is 0. The highest BCUT2D eigenvalue weighted by Crippen LogP contribution is 2.33. The molecule has 7 heteroatoms. The molecule has 0 saturated carbocycles. The minimum Gasteiger partial charge on any atom is -0.257 e. The summed E-state index contributed by atoms with van der Waals surface area (Å²) in [6, 6.07) is 23.7. The Bertz CT molecular complexity index is 1410. The van der Waals surface area contributed by atoms with Crippen LogP contribution in [0.25, 0.3) is 27.5 Å². The normalized spacial score (nSPS) is 10.9. The van der Waals surface area contributed by atoms with E-state index >= 15 is 0 Å². The lowest BCUT2D eigenvalue weighted by atomic mass is 10.1. The highest BCUT2D eigenvalue weighted by molar-refractivity contribution is 5.94. The van der Waals surface area contributed by atoms with Crippen molar-refractivity contribution in [2.45, 2.75) is 0 Å². The molecule has 2 heterocycles. The summed E-state index contributed by atoms with van der Waals surface area (Å²) in [4.78, 5) is 8.42. The number of nitriles is 1. The third kappa shape index (κ3) is 2.83. The third-order valence-electron chi connectivity index (χ3n) is 5.00. The molecule has 0 atom stereocenters. The topological polar surface area (TPSA) is 82.7 Å². The summed E-state index contributed by atoms with van der Waals surface area (Å²) < 4.78 is 1.90. The van der Waals surface area contributed by atoms with Crippen LogP contribution < -0.4 is 10.4 Å². The summed E-state index contributed by atoms with van der Waals surface area (Å²) in [5.74, 6) is 0.709. The Kier molecular flexibility index (Phi) is 4.32. The van der Waals surface area contributed by atoms with Crippen LogP contribution in [0.4, 0.5) is 11.5 Å². The molecule has 30 heavy (non-hydrogen) atoms. The molecular formula is C23H17N7. The summed E-state index contributed by atoms with van der Waals surface area (Å²) in [5.41, 5.74) is 7.23. The number of hydrazine groups is 1. The second kappa shape index (κ2) is 7.28. The van der Waals surface area contributed by atoms with Gasteiger partial charge in [0.1, 0.15) is 12.4 Å². The number of hydrogen-bond donors (Lipinski definition) is 1. The van der Waals surface area contributed by atoms with Crippen LogP contribution in [0.3, 0.4) is 0 Å². The number of benzene rings is 3. The molecule has 5 rings (SSSR count). The van der Waals surface area contributed by atoms with Crippen LogP contribution in [-0.2, 0) is 0 Å². The molecule has 1 N–H and O–H groups in total. The first-order valence-corrected chi connectivity index (χ1v) is 9.44. The standard InChI is InChI=1S/C23H17N7/c1-25-30(21-8-4-2-6-16(21)13-24)23-19-7-3-5-9-22(19)29(28-23)18-10-11-20-17(12-18)14-26-15-27-20/h2-12,14-15,25H,1H3. The summed E-state index contributed by atoms with van der Waals surface area (Å²) in [5, 5.41) is 18.2. The number of rotatable bonds is 4. The van der Waals surface area contributed by atoms with E-state index in [2.05, 4.69) is 21.5 Å². The zero-order valence-corrected chi connectivity index (χ0v) is 16.2. The highest BCUT2D eigenvalue weighted by Gasteiger charge is 2.20. The summed E-state index contributed by atoms with van der Waals surface area (Å²) in [6.07, 6.45) is 3.34. The van der Waals surface area contributed by atoms with Crippen molar-refractivity contribution in [1.29, 1.82) is 5.26 Å². The van der Waals surface area contributed by atoms with Gasteiger partial charge in [-0.15, -0.1) is 5.10 Å². The van der Waals surface area contributed by atoms with Crippen LogP contribution in [0.1, 0.15) is 5.56 Å². The molecule has 0 fully saturated rings. The number of fused-ring (bicyclic) bond motifs is 2. The molecule has 2 aromatic heterocycles. The molecular weight excluding hydrogens is 374 g/mol. The van der Waals surface area contributed by atoms with Gasteiger partial charge in [-0.2, -0.15) is 5.26 Å². The van der Waals surface area contributed by atoms with Crippen molar-refractivity contribution in [3.05, 3.63) is 84.8 Å². The Morgan fingerprint density at radius 3 is 2.73 bits per heavy atom. The van der Waals surface area contributed by atoms with Gasteiger partial charge in [0.25, 0.3) is 0 Å². The van der Waals surface area contributed by atoms with Crippen molar-refractivity contribution in [3.63, 3.8) is 0 Å². The predicted octanol–water partition coefficient (Wildman–Crippen LogP) is 4.11. The van der Waals surface area contributed by atoms with Gasteiger partial charge in [-0.05, 0) is 42.5 Å². The van der Waals surface area contributed by atoms with Gasteiger partial charge < -0.3 is 0 Å². The molecule has 3 aromatic carbocycles. The fourth-order valence-corrected chi connectivity index (χ4v) is 3.62. The van der Waals surface area contributed by atoms with E-state index in [0.29, 0.717) is 11.4 Å². The van der Waals surface area contributed by atoms with Crippen molar-refractivity contribution in [3.8, 4) is 11.8 Å². The number of hydrogen-bond acceptors (Lipinski definition) is 6. The molecule has 0 unspecified atom stereocenters. The Hall–Kier alpha value is -4.28. The molecule has 0 bridgehead atoms. The molecule has 144 valence electrons. The predicted molar refractivity (Wildman–Crippen MR) is 117 cm³/mol. The summed E-state index contributed by atoms with van der Waals surface area (Å²) in [7, 11) is 1.81. The smallest absolute Gasteiger partial charge is 0.177 e. The second-order valence-electron chi connectivity index (χ2n) is 6.71. The molecule has 0 amide bonds. The zero-order valence-electron chi connectivity index (χ0n) is 16.2. The lowest BCUT2D eigenvalue weighted by Gasteiger charge is -2.22. The first-order chi connectivity index (χ1) is 14.8. The molecule has 7 nitrogen and oxygen atoms in total. The molecule has 0 spiro atoms. The van der Waals surface area contributed by atoms with Gasteiger partial charge in [-0.3, -0.25) is 5.01 Å². The molecule has 0 aliphatic rings. The van der Waals surface area contributed by atoms with Crippen molar-refractivity contribution in [1.82, 2.24) is 25.2 Å². The van der Waals surface area contributed by atoms with E-state index in [-0.39, 0.29) is 0 Å². The number of para-hydroxylation sites is 2. The van der Waals surface area contributed by atoms with E-state index in [4.69, 9.17) is 5.10 Å². The Labute approximate surface area is 172 Å². The molecule has 5 aromatic rings. The van der Waals surface area contributed by atoms with Crippen molar-refractivity contribution in [2.75, 3.05) is 12.1 Å². The minimum atomic E-state index is 0.563. The van der Waals surface area contributed by atoms with E-state index in [1.165, 1.54) is 0 Å². The monoisotopic (exact) mass is 391 g/mol. The van der Waals surface area contributed by atoms with Crippen LogP contribution >= 0.6 is 0 Å².